The van der Waals surface area contributed by atoms with Crippen LogP contribution in [-0.2, 0) is 18.4 Å². The Bertz CT molecular complexity index is 711. The van der Waals surface area contributed by atoms with Gasteiger partial charge in [-0.05, 0) is 23.8 Å². The van der Waals surface area contributed by atoms with Gasteiger partial charge >= 0.3 is 0 Å². The monoisotopic (exact) mass is 313 g/mol. The van der Waals surface area contributed by atoms with Crippen LogP contribution in [0.3, 0.4) is 0 Å². The van der Waals surface area contributed by atoms with Crippen molar-refractivity contribution in [2.24, 2.45) is 7.05 Å². The topological polar surface area (TPSA) is 88.1 Å². The molecule has 6 nitrogen and oxygen atoms in total. The van der Waals surface area contributed by atoms with Crippen molar-refractivity contribution in [2.45, 2.75) is 19.9 Å². The molecule has 0 saturated heterocycles. The first-order valence-electron chi connectivity index (χ1n) is 7.40. The molecule has 1 aromatic heterocycles. The van der Waals surface area contributed by atoms with Crippen molar-refractivity contribution in [1.29, 1.82) is 0 Å². The number of aromatic nitrogens is 1. The first-order valence-corrected chi connectivity index (χ1v) is 7.40. The molecule has 2 rings (SSSR count). The fourth-order valence-corrected chi connectivity index (χ4v) is 2.04. The van der Waals surface area contributed by atoms with Crippen molar-refractivity contribution in [3.63, 3.8) is 0 Å². The lowest BCUT2D eigenvalue weighted by Gasteiger charge is -2.09. The second kappa shape index (κ2) is 7.40. The molecule has 0 aliphatic heterocycles. The van der Waals surface area contributed by atoms with Gasteiger partial charge in [-0.3, -0.25) is 9.59 Å². The summed E-state index contributed by atoms with van der Waals surface area (Å²) >= 11 is 0. The van der Waals surface area contributed by atoms with Gasteiger partial charge in [0.1, 0.15) is 7.05 Å². The molecular weight excluding hydrogens is 292 g/mol. The number of anilines is 2. The maximum Gasteiger partial charge on any atom is 0.251 e. The van der Waals surface area contributed by atoms with Crippen LogP contribution >= 0.6 is 0 Å². The van der Waals surface area contributed by atoms with Crippen LogP contribution in [0.2, 0.25) is 0 Å². The SMILES string of the molecule is CCC(=O)Nc1cc(N)cc(C(=O)NCc2cc[n+](C)cc2)c1. The number of benzene rings is 1. The molecule has 0 radical (unpaired) electrons. The minimum absolute atomic E-state index is 0.126. The summed E-state index contributed by atoms with van der Waals surface area (Å²) in [6.07, 6.45) is 4.20. The molecule has 0 unspecified atom stereocenters. The highest BCUT2D eigenvalue weighted by Crippen LogP contribution is 2.17. The number of carbonyl (C=O) groups is 2. The number of aryl methyl sites for hydroxylation is 1. The van der Waals surface area contributed by atoms with E-state index in [0.717, 1.165) is 5.56 Å². The van der Waals surface area contributed by atoms with E-state index < -0.39 is 0 Å². The van der Waals surface area contributed by atoms with Gasteiger partial charge in [-0.15, -0.1) is 0 Å². The van der Waals surface area contributed by atoms with Crippen molar-refractivity contribution in [3.8, 4) is 0 Å². The first-order chi connectivity index (χ1) is 11.0. The quantitative estimate of drug-likeness (QED) is 0.575. The summed E-state index contributed by atoms with van der Waals surface area (Å²) < 4.78 is 1.92. The largest absolute Gasteiger partial charge is 0.399 e. The van der Waals surface area contributed by atoms with Crippen LogP contribution in [0.25, 0.3) is 0 Å². The molecule has 0 atom stereocenters. The summed E-state index contributed by atoms with van der Waals surface area (Å²) in [5.41, 5.74) is 8.17. The number of nitrogens with one attached hydrogen (secondary N) is 2. The highest BCUT2D eigenvalue weighted by Gasteiger charge is 2.09. The van der Waals surface area contributed by atoms with Gasteiger partial charge in [0.2, 0.25) is 5.91 Å². The van der Waals surface area contributed by atoms with Gasteiger partial charge in [-0.25, -0.2) is 4.57 Å². The number of carbonyl (C=O) groups excluding carboxylic acids is 2. The van der Waals surface area contributed by atoms with E-state index in [0.29, 0.717) is 29.9 Å². The highest BCUT2D eigenvalue weighted by molar-refractivity contribution is 5.98. The molecule has 2 aromatic rings. The number of hydrogen-bond donors (Lipinski definition) is 3. The smallest absolute Gasteiger partial charge is 0.251 e. The molecule has 120 valence electrons. The predicted molar refractivity (Wildman–Crippen MR) is 88.6 cm³/mol. The van der Waals surface area contributed by atoms with Gasteiger partial charge in [0.25, 0.3) is 5.91 Å². The summed E-state index contributed by atoms with van der Waals surface area (Å²) in [7, 11) is 1.93. The maximum absolute atomic E-state index is 12.3. The Morgan fingerprint density at radius 1 is 1.17 bits per heavy atom. The van der Waals surface area contributed by atoms with E-state index in [-0.39, 0.29) is 11.8 Å². The number of pyridine rings is 1. The number of rotatable bonds is 5. The Balaban J connectivity index is 2.06. The molecule has 23 heavy (non-hydrogen) atoms. The van der Waals surface area contributed by atoms with E-state index in [9.17, 15) is 9.59 Å². The normalized spacial score (nSPS) is 10.2. The Kier molecular flexibility index (Phi) is 5.30. The van der Waals surface area contributed by atoms with E-state index in [2.05, 4.69) is 10.6 Å². The van der Waals surface area contributed by atoms with Crippen LogP contribution in [0, 0.1) is 0 Å². The molecule has 0 aliphatic carbocycles. The second-order valence-electron chi connectivity index (χ2n) is 5.30. The molecule has 4 N–H and O–H groups in total. The Morgan fingerprint density at radius 2 is 1.87 bits per heavy atom. The highest BCUT2D eigenvalue weighted by atomic mass is 16.2. The van der Waals surface area contributed by atoms with Crippen LogP contribution in [0.1, 0.15) is 29.3 Å². The summed E-state index contributed by atoms with van der Waals surface area (Å²) in [6.45, 7) is 2.18. The summed E-state index contributed by atoms with van der Waals surface area (Å²) in [5, 5.41) is 5.55. The molecule has 6 heteroatoms. The van der Waals surface area contributed by atoms with E-state index >= 15 is 0 Å². The average molecular weight is 313 g/mol. The third kappa shape index (κ3) is 4.81. The maximum atomic E-state index is 12.3. The average Bonchev–Trinajstić information content (AvgIpc) is 2.53. The summed E-state index contributed by atoms with van der Waals surface area (Å²) in [4.78, 5) is 23.7. The second-order valence-corrected chi connectivity index (χ2v) is 5.30. The van der Waals surface area contributed by atoms with E-state index in [1.807, 2.05) is 36.1 Å². The van der Waals surface area contributed by atoms with Gasteiger partial charge in [-0.2, -0.15) is 0 Å². The Morgan fingerprint density at radius 3 is 2.52 bits per heavy atom. The molecule has 0 aliphatic rings. The van der Waals surface area contributed by atoms with Crippen LogP contribution in [0.4, 0.5) is 11.4 Å². The molecular formula is C17H21N4O2+. The van der Waals surface area contributed by atoms with Gasteiger partial charge < -0.3 is 16.4 Å². The molecule has 0 fully saturated rings. The van der Waals surface area contributed by atoms with Crippen molar-refractivity contribution in [1.82, 2.24) is 5.32 Å². The molecule has 1 aromatic carbocycles. The van der Waals surface area contributed by atoms with E-state index in [4.69, 9.17) is 5.73 Å². The van der Waals surface area contributed by atoms with E-state index in [1.54, 1.807) is 25.1 Å². The zero-order valence-electron chi connectivity index (χ0n) is 13.3. The zero-order valence-corrected chi connectivity index (χ0v) is 13.3. The zero-order chi connectivity index (χ0) is 16.8. The van der Waals surface area contributed by atoms with Crippen molar-refractivity contribution >= 4 is 23.2 Å². The fourth-order valence-electron chi connectivity index (χ4n) is 2.04. The number of nitrogens with zero attached hydrogens (tertiary/aromatic N) is 1. The van der Waals surface area contributed by atoms with E-state index in [1.165, 1.54) is 0 Å². The van der Waals surface area contributed by atoms with Crippen LogP contribution in [0.5, 0.6) is 0 Å². The summed E-state index contributed by atoms with van der Waals surface area (Å²) in [6, 6.07) is 8.70. The summed E-state index contributed by atoms with van der Waals surface area (Å²) in [5.74, 6) is -0.364. The van der Waals surface area contributed by atoms with Gasteiger partial charge in [-0.1, -0.05) is 6.92 Å². The molecule has 2 amide bonds. The molecule has 0 spiro atoms. The Hall–Kier alpha value is -2.89. The third-order valence-corrected chi connectivity index (χ3v) is 3.32. The van der Waals surface area contributed by atoms with Gasteiger partial charge in [0.05, 0.1) is 0 Å². The third-order valence-electron chi connectivity index (χ3n) is 3.32. The van der Waals surface area contributed by atoms with Crippen LogP contribution < -0.4 is 20.9 Å². The van der Waals surface area contributed by atoms with Gasteiger partial charge in [0.15, 0.2) is 12.4 Å². The van der Waals surface area contributed by atoms with Crippen LogP contribution in [0.15, 0.2) is 42.7 Å². The van der Waals surface area contributed by atoms with Crippen molar-refractivity contribution < 1.29 is 14.2 Å². The Labute approximate surface area is 135 Å². The lowest BCUT2D eigenvalue weighted by atomic mass is 10.1. The standard InChI is InChI=1S/C17H20N4O2/c1-3-16(22)20-15-9-13(8-14(18)10-15)17(23)19-11-12-4-6-21(2)7-5-12/h4-10H,3,11,18H2,1-2H3,(H-,19,20,22,23)/p+1. The number of hydrogen-bond acceptors (Lipinski definition) is 3. The van der Waals surface area contributed by atoms with Crippen molar-refractivity contribution in [3.05, 3.63) is 53.9 Å². The van der Waals surface area contributed by atoms with Crippen LogP contribution in [-0.4, -0.2) is 11.8 Å². The lowest BCUT2D eigenvalue weighted by molar-refractivity contribution is -0.671. The molecule has 1 heterocycles. The fraction of sp³-hybridized carbons (Fsp3) is 0.235. The number of amides is 2. The molecule has 0 saturated carbocycles. The predicted octanol–water partition coefficient (Wildman–Crippen LogP) is 1.37. The minimum Gasteiger partial charge on any atom is -0.399 e. The van der Waals surface area contributed by atoms with Gasteiger partial charge in [0, 0.05) is 42.0 Å². The number of nitrogens with two attached hydrogens (primary N) is 1. The van der Waals surface area contributed by atoms with Crippen molar-refractivity contribution in [2.75, 3.05) is 11.1 Å². The minimum atomic E-state index is -0.238. The lowest BCUT2D eigenvalue weighted by Crippen LogP contribution is -2.27. The first kappa shape index (κ1) is 16.5. The molecule has 0 bridgehead atoms. The number of nitrogen functional groups attached to an aromatic ring is 1.